The summed E-state index contributed by atoms with van der Waals surface area (Å²) < 4.78 is 14.1. The molecule has 0 amide bonds. The van der Waals surface area contributed by atoms with Crippen molar-refractivity contribution in [2.24, 2.45) is 0 Å². The Hall–Kier alpha value is -2.01. The van der Waals surface area contributed by atoms with Crippen molar-refractivity contribution in [1.29, 1.82) is 0 Å². The minimum atomic E-state index is -0.276. The first kappa shape index (κ1) is 14.9. The Morgan fingerprint density at radius 2 is 1.95 bits per heavy atom. The number of rotatable bonds is 4. The van der Waals surface area contributed by atoms with Gasteiger partial charge in [0, 0.05) is 37.9 Å². The van der Waals surface area contributed by atoms with Crippen LogP contribution in [0.5, 0.6) is 0 Å². The molecule has 3 rings (SSSR count). The third-order valence-corrected chi connectivity index (χ3v) is 3.83. The minimum Gasteiger partial charge on any atom is -0.354 e. The van der Waals surface area contributed by atoms with Crippen molar-refractivity contribution in [3.8, 4) is 11.4 Å². The normalized spacial score (nSPS) is 15.1. The predicted octanol–water partition coefficient (Wildman–Crippen LogP) is 2.64. The molecule has 116 valence electrons. The van der Waals surface area contributed by atoms with Crippen LogP contribution >= 0.6 is 0 Å². The van der Waals surface area contributed by atoms with Gasteiger partial charge in [-0.3, -0.25) is 0 Å². The first-order valence-corrected chi connectivity index (χ1v) is 7.86. The number of hydrogen-bond donors (Lipinski definition) is 1. The highest BCUT2D eigenvalue weighted by molar-refractivity contribution is 5.59. The second-order valence-corrected chi connectivity index (χ2v) is 5.51. The third kappa shape index (κ3) is 3.25. The SMILES string of the molecule is CCCc1cc(N2CCNCC2)nc(-c2ccccc2F)n1. The van der Waals surface area contributed by atoms with Crippen LogP contribution in [0, 0.1) is 5.82 Å². The summed E-state index contributed by atoms with van der Waals surface area (Å²) >= 11 is 0. The van der Waals surface area contributed by atoms with E-state index in [-0.39, 0.29) is 5.82 Å². The number of piperazine rings is 1. The minimum absolute atomic E-state index is 0.276. The summed E-state index contributed by atoms with van der Waals surface area (Å²) in [5.74, 6) is 1.11. The molecule has 1 aromatic heterocycles. The van der Waals surface area contributed by atoms with Gasteiger partial charge in [-0.25, -0.2) is 14.4 Å². The molecule has 0 radical (unpaired) electrons. The summed E-state index contributed by atoms with van der Waals surface area (Å²) in [5.41, 5.74) is 1.45. The zero-order valence-electron chi connectivity index (χ0n) is 12.8. The van der Waals surface area contributed by atoms with E-state index in [0.717, 1.165) is 50.5 Å². The van der Waals surface area contributed by atoms with E-state index in [1.165, 1.54) is 6.07 Å². The lowest BCUT2D eigenvalue weighted by Gasteiger charge is -2.29. The van der Waals surface area contributed by atoms with Crippen molar-refractivity contribution in [3.05, 3.63) is 41.8 Å². The van der Waals surface area contributed by atoms with Crippen LogP contribution in [0.3, 0.4) is 0 Å². The Kier molecular flexibility index (Phi) is 4.63. The van der Waals surface area contributed by atoms with Crippen LogP contribution in [0.4, 0.5) is 10.2 Å². The van der Waals surface area contributed by atoms with Gasteiger partial charge in [-0.15, -0.1) is 0 Å². The molecule has 4 nitrogen and oxygen atoms in total. The maximum Gasteiger partial charge on any atom is 0.164 e. The highest BCUT2D eigenvalue weighted by Crippen LogP contribution is 2.23. The molecule has 1 aliphatic rings. The zero-order valence-corrected chi connectivity index (χ0v) is 12.8. The van der Waals surface area contributed by atoms with Crippen LogP contribution in [0.1, 0.15) is 19.0 Å². The van der Waals surface area contributed by atoms with E-state index in [9.17, 15) is 4.39 Å². The van der Waals surface area contributed by atoms with E-state index in [0.29, 0.717) is 11.4 Å². The molecule has 0 bridgehead atoms. The number of halogens is 1. The van der Waals surface area contributed by atoms with Gasteiger partial charge in [-0.2, -0.15) is 0 Å². The van der Waals surface area contributed by atoms with Crippen LogP contribution in [0.25, 0.3) is 11.4 Å². The summed E-state index contributed by atoms with van der Waals surface area (Å²) in [6.45, 7) is 5.85. The number of aryl methyl sites for hydroxylation is 1. The number of nitrogens with one attached hydrogen (secondary N) is 1. The number of aromatic nitrogens is 2. The largest absolute Gasteiger partial charge is 0.354 e. The van der Waals surface area contributed by atoms with Gasteiger partial charge in [0.1, 0.15) is 11.6 Å². The molecule has 5 heteroatoms. The highest BCUT2D eigenvalue weighted by atomic mass is 19.1. The van der Waals surface area contributed by atoms with E-state index in [1.807, 2.05) is 12.1 Å². The lowest BCUT2D eigenvalue weighted by atomic mass is 10.1. The average Bonchev–Trinajstić information content (AvgIpc) is 2.56. The maximum atomic E-state index is 14.1. The van der Waals surface area contributed by atoms with Crippen LogP contribution < -0.4 is 10.2 Å². The molecule has 2 heterocycles. The average molecular weight is 300 g/mol. The first-order valence-electron chi connectivity index (χ1n) is 7.86. The lowest BCUT2D eigenvalue weighted by molar-refractivity contribution is 0.584. The zero-order chi connectivity index (χ0) is 15.4. The number of benzene rings is 1. The summed E-state index contributed by atoms with van der Waals surface area (Å²) in [5, 5.41) is 3.33. The van der Waals surface area contributed by atoms with E-state index >= 15 is 0 Å². The molecule has 1 aliphatic heterocycles. The Balaban J connectivity index is 2.02. The van der Waals surface area contributed by atoms with Gasteiger partial charge in [-0.05, 0) is 18.6 Å². The van der Waals surface area contributed by atoms with Crippen molar-refractivity contribution >= 4 is 5.82 Å². The molecule has 0 spiro atoms. The maximum absolute atomic E-state index is 14.1. The van der Waals surface area contributed by atoms with Gasteiger partial charge in [0.25, 0.3) is 0 Å². The molecule has 22 heavy (non-hydrogen) atoms. The summed E-state index contributed by atoms with van der Waals surface area (Å²) in [6, 6.07) is 8.74. The van der Waals surface area contributed by atoms with Crippen LogP contribution in [0.2, 0.25) is 0 Å². The molecule has 0 atom stereocenters. The lowest BCUT2D eigenvalue weighted by Crippen LogP contribution is -2.44. The third-order valence-electron chi connectivity index (χ3n) is 3.83. The van der Waals surface area contributed by atoms with Gasteiger partial charge >= 0.3 is 0 Å². The Bertz CT molecular complexity index is 638. The summed E-state index contributed by atoms with van der Waals surface area (Å²) in [6.07, 6.45) is 1.89. The van der Waals surface area contributed by atoms with Gasteiger partial charge in [0.15, 0.2) is 5.82 Å². The molecule has 2 aromatic rings. The predicted molar refractivity (Wildman–Crippen MR) is 86.5 cm³/mol. The number of nitrogens with zero attached hydrogens (tertiary/aromatic N) is 3. The van der Waals surface area contributed by atoms with Crippen molar-refractivity contribution in [2.75, 3.05) is 31.1 Å². The number of hydrogen-bond acceptors (Lipinski definition) is 4. The van der Waals surface area contributed by atoms with Gasteiger partial charge in [0.2, 0.25) is 0 Å². The molecule has 0 saturated carbocycles. The Morgan fingerprint density at radius 3 is 2.68 bits per heavy atom. The van der Waals surface area contributed by atoms with Crippen LogP contribution in [-0.4, -0.2) is 36.1 Å². The first-order chi connectivity index (χ1) is 10.8. The van der Waals surface area contributed by atoms with Crippen molar-refractivity contribution in [3.63, 3.8) is 0 Å². The van der Waals surface area contributed by atoms with E-state index < -0.39 is 0 Å². The second kappa shape index (κ2) is 6.83. The monoisotopic (exact) mass is 300 g/mol. The van der Waals surface area contributed by atoms with Crippen LogP contribution in [0.15, 0.2) is 30.3 Å². The molecular weight excluding hydrogens is 279 g/mol. The van der Waals surface area contributed by atoms with Crippen molar-refractivity contribution in [2.45, 2.75) is 19.8 Å². The van der Waals surface area contributed by atoms with Crippen molar-refractivity contribution in [1.82, 2.24) is 15.3 Å². The Labute approximate surface area is 130 Å². The second-order valence-electron chi connectivity index (χ2n) is 5.51. The van der Waals surface area contributed by atoms with Crippen molar-refractivity contribution < 1.29 is 4.39 Å². The van der Waals surface area contributed by atoms with Gasteiger partial charge < -0.3 is 10.2 Å². The molecule has 1 fully saturated rings. The molecule has 1 N–H and O–H groups in total. The number of anilines is 1. The van der Waals surface area contributed by atoms with Gasteiger partial charge in [-0.1, -0.05) is 25.5 Å². The van der Waals surface area contributed by atoms with E-state index in [1.54, 1.807) is 12.1 Å². The van der Waals surface area contributed by atoms with E-state index in [2.05, 4.69) is 27.1 Å². The fourth-order valence-corrected chi connectivity index (χ4v) is 2.69. The summed E-state index contributed by atoms with van der Waals surface area (Å²) in [7, 11) is 0. The topological polar surface area (TPSA) is 41.0 Å². The van der Waals surface area contributed by atoms with Crippen LogP contribution in [-0.2, 0) is 6.42 Å². The fraction of sp³-hybridized carbons (Fsp3) is 0.412. The smallest absolute Gasteiger partial charge is 0.164 e. The summed E-state index contributed by atoms with van der Waals surface area (Å²) in [4.78, 5) is 11.4. The molecule has 1 aromatic carbocycles. The molecule has 1 saturated heterocycles. The highest BCUT2D eigenvalue weighted by Gasteiger charge is 2.16. The molecular formula is C17H21FN4. The Morgan fingerprint density at radius 1 is 1.18 bits per heavy atom. The van der Waals surface area contributed by atoms with E-state index in [4.69, 9.17) is 0 Å². The van der Waals surface area contributed by atoms with Gasteiger partial charge in [0.05, 0.1) is 5.56 Å². The molecule has 0 unspecified atom stereocenters. The fourth-order valence-electron chi connectivity index (χ4n) is 2.69. The molecule has 0 aliphatic carbocycles. The quantitative estimate of drug-likeness (QED) is 0.942. The standard InChI is InChI=1S/C17H21FN4/c1-2-5-13-12-16(22-10-8-19-9-11-22)21-17(20-13)14-6-3-4-7-15(14)18/h3-4,6-7,12,19H,2,5,8-11H2,1H3.